The van der Waals surface area contributed by atoms with Gasteiger partial charge in [0.05, 0.1) is 18.3 Å². The van der Waals surface area contributed by atoms with Crippen LogP contribution in [0, 0.1) is 0 Å². The third kappa shape index (κ3) is 2.36. The fraction of sp³-hybridized carbons (Fsp3) is 1.00. The molecule has 0 aliphatic carbocycles. The van der Waals surface area contributed by atoms with Crippen molar-refractivity contribution >= 4 is 11.8 Å². The van der Waals surface area contributed by atoms with Gasteiger partial charge in [0.25, 0.3) is 0 Å². The van der Waals surface area contributed by atoms with Gasteiger partial charge < -0.3 is 14.9 Å². The molecule has 1 aliphatic rings. The van der Waals surface area contributed by atoms with Gasteiger partial charge in [0.1, 0.15) is 5.44 Å². The number of thioether (sulfide) groups is 1. The highest BCUT2D eigenvalue weighted by Gasteiger charge is 2.33. The summed E-state index contributed by atoms with van der Waals surface area (Å²) in [6, 6.07) is 0. The zero-order valence-electron chi connectivity index (χ0n) is 7.43. The Hall–Kier alpha value is 0.230. The van der Waals surface area contributed by atoms with Crippen molar-refractivity contribution in [1.82, 2.24) is 0 Å². The smallest absolute Gasteiger partial charge is 0.129 e. The first-order valence-electron chi connectivity index (χ1n) is 4.28. The van der Waals surface area contributed by atoms with Crippen molar-refractivity contribution in [3.05, 3.63) is 0 Å². The van der Waals surface area contributed by atoms with Crippen LogP contribution in [0.3, 0.4) is 0 Å². The summed E-state index contributed by atoms with van der Waals surface area (Å²) in [7, 11) is 0. The van der Waals surface area contributed by atoms with Crippen LogP contribution in [0.5, 0.6) is 0 Å². The zero-order chi connectivity index (χ0) is 9.14. The summed E-state index contributed by atoms with van der Waals surface area (Å²) in [6.45, 7) is 3.86. The molecule has 2 N–H and O–H groups in total. The van der Waals surface area contributed by atoms with Crippen LogP contribution < -0.4 is 0 Å². The molecule has 1 saturated heterocycles. The molecule has 0 saturated carbocycles. The normalized spacial score (nSPS) is 43.0. The topological polar surface area (TPSA) is 49.7 Å². The van der Waals surface area contributed by atoms with Crippen molar-refractivity contribution in [3.63, 3.8) is 0 Å². The Bertz CT molecular complexity index is 142. The Morgan fingerprint density at radius 1 is 1.42 bits per heavy atom. The van der Waals surface area contributed by atoms with Gasteiger partial charge in [-0.25, -0.2) is 0 Å². The molecule has 1 aliphatic heterocycles. The van der Waals surface area contributed by atoms with Gasteiger partial charge >= 0.3 is 0 Å². The Morgan fingerprint density at radius 2 is 2.08 bits per heavy atom. The van der Waals surface area contributed by atoms with Crippen LogP contribution in [0.4, 0.5) is 0 Å². The summed E-state index contributed by atoms with van der Waals surface area (Å²) < 4.78 is 5.41. The number of aliphatic hydroxyl groups is 2. The van der Waals surface area contributed by atoms with Crippen LogP contribution in [0.15, 0.2) is 0 Å². The van der Waals surface area contributed by atoms with Gasteiger partial charge in [-0.2, -0.15) is 0 Å². The van der Waals surface area contributed by atoms with Gasteiger partial charge in [0, 0.05) is 6.42 Å². The lowest BCUT2D eigenvalue weighted by molar-refractivity contribution is -0.129. The van der Waals surface area contributed by atoms with Gasteiger partial charge in [0.15, 0.2) is 0 Å². The summed E-state index contributed by atoms with van der Waals surface area (Å²) >= 11 is 1.58. The molecule has 1 rings (SSSR count). The number of ether oxygens (including phenoxy) is 1. The predicted octanol–water partition coefficient (Wildman–Crippen LogP) is 0.596. The van der Waals surface area contributed by atoms with Crippen molar-refractivity contribution in [3.8, 4) is 0 Å². The molecule has 0 aromatic rings. The molecule has 0 bridgehead atoms. The summed E-state index contributed by atoms with van der Waals surface area (Å²) in [4.78, 5) is 0. The van der Waals surface area contributed by atoms with Gasteiger partial charge in [-0.1, -0.05) is 6.92 Å². The second-order valence-corrected chi connectivity index (χ2v) is 4.41. The van der Waals surface area contributed by atoms with Crippen LogP contribution in [0.2, 0.25) is 0 Å². The van der Waals surface area contributed by atoms with E-state index in [-0.39, 0.29) is 11.5 Å². The SMILES string of the molecule is CCSC1O[C@H](C)[C@@H](O)C[C@H]1O. The van der Waals surface area contributed by atoms with E-state index >= 15 is 0 Å². The molecule has 12 heavy (non-hydrogen) atoms. The molecule has 0 radical (unpaired) electrons. The number of hydrogen-bond donors (Lipinski definition) is 2. The predicted molar refractivity (Wildman–Crippen MR) is 49.1 cm³/mol. The Balaban J connectivity index is 2.43. The third-order valence-electron chi connectivity index (χ3n) is 2.02. The van der Waals surface area contributed by atoms with E-state index in [1.165, 1.54) is 0 Å². The van der Waals surface area contributed by atoms with Crippen LogP contribution in [-0.2, 0) is 4.74 Å². The number of rotatable bonds is 2. The Morgan fingerprint density at radius 3 is 2.67 bits per heavy atom. The molecule has 1 unspecified atom stereocenters. The van der Waals surface area contributed by atoms with E-state index in [1.54, 1.807) is 11.8 Å². The van der Waals surface area contributed by atoms with Crippen LogP contribution in [0.25, 0.3) is 0 Å². The fourth-order valence-electron chi connectivity index (χ4n) is 1.26. The Labute approximate surface area is 77.1 Å². The zero-order valence-corrected chi connectivity index (χ0v) is 8.25. The molecule has 72 valence electrons. The molecule has 3 nitrogen and oxygen atoms in total. The van der Waals surface area contributed by atoms with Gasteiger partial charge in [-0.15, -0.1) is 11.8 Å². The lowest BCUT2D eigenvalue weighted by Gasteiger charge is -2.35. The lowest BCUT2D eigenvalue weighted by atomic mass is 10.1. The first kappa shape index (κ1) is 10.3. The highest BCUT2D eigenvalue weighted by Crippen LogP contribution is 2.27. The molecule has 1 fully saturated rings. The molecule has 0 aromatic carbocycles. The molecular formula is C8H16O3S. The van der Waals surface area contributed by atoms with E-state index in [9.17, 15) is 10.2 Å². The lowest BCUT2D eigenvalue weighted by Crippen LogP contribution is -2.44. The van der Waals surface area contributed by atoms with E-state index in [2.05, 4.69) is 0 Å². The van der Waals surface area contributed by atoms with Crippen molar-refractivity contribution < 1.29 is 14.9 Å². The minimum atomic E-state index is -0.527. The van der Waals surface area contributed by atoms with Crippen molar-refractivity contribution in [2.75, 3.05) is 5.75 Å². The molecule has 0 aromatic heterocycles. The van der Waals surface area contributed by atoms with E-state index in [4.69, 9.17) is 4.74 Å². The largest absolute Gasteiger partial charge is 0.390 e. The third-order valence-corrected chi connectivity index (χ3v) is 3.11. The number of aliphatic hydroxyl groups excluding tert-OH is 2. The first-order valence-corrected chi connectivity index (χ1v) is 5.33. The summed E-state index contributed by atoms with van der Waals surface area (Å²) in [6.07, 6.45) is -0.772. The van der Waals surface area contributed by atoms with Crippen LogP contribution >= 0.6 is 11.8 Å². The summed E-state index contributed by atoms with van der Waals surface area (Å²) in [5, 5.41) is 18.8. The van der Waals surface area contributed by atoms with Crippen molar-refractivity contribution in [2.24, 2.45) is 0 Å². The molecule has 1 heterocycles. The highest BCUT2D eigenvalue weighted by atomic mass is 32.2. The molecule has 4 heteroatoms. The minimum absolute atomic E-state index is 0.155. The van der Waals surface area contributed by atoms with Crippen molar-refractivity contribution in [2.45, 2.75) is 44.0 Å². The Kier molecular flexibility index (Phi) is 3.83. The van der Waals surface area contributed by atoms with Crippen molar-refractivity contribution in [1.29, 1.82) is 0 Å². The second kappa shape index (κ2) is 4.46. The first-order chi connectivity index (χ1) is 5.65. The second-order valence-electron chi connectivity index (χ2n) is 3.04. The maximum atomic E-state index is 9.48. The van der Waals surface area contributed by atoms with Gasteiger partial charge in [-0.3, -0.25) is 0 Å². The van der Waals surface area contributed by atoms with E-state index in [1.807, 2.05) is 13.8 Å². The molecule has 0 amide bonds. The van der Waals surface area contributed by atoms with E-state index in [0.29, 0.717) is 6.42 Å². The number of hydrogen-bond acceptors (Lipinski definition) is 4. The highest BCUT2D eigenvalue weighted by molar-refractivity contribution is 7.99. The standard InChI is InChI=1S/C8H16O3S/c1-3-12-8-7(10)4-6(9)5(2)11-8/h5-10H,3-4H2,1-2H3/t5-,6+,7-,8?/m1/s1. The summed E-state index contributed by atoms with van der Waals surface area (Å²) in [5.41, 5.74) is -0.159. The maximum Gasteiger partial charge on any atom is 0.129 e. The van der Waals surface area contributed by atoms with E-state index < -0.39 is 12.2 Å². The minimum Gasteiger partial charge on any atom is -0.390 e. The average molecular weight is 192 g/mol. The molecular weight excluding hydrogens is 176 g/mol. The quantitative estimate of drug-likeness (QED) is 0.672. The summed E-state index contributed by atoms with van der Waals surface area (Å²) in [5.74, 6) is 0.921. The maximum absolute atomic E-state index is 9.48. The van der Waals surface area contributed by atoms with Crippen LogP contribution in [0.1, 0.15) is 20.3 Å². The van der Waals surface area contributed by atoms with Crippen LogP contribution in [-0.4, -0.2) is 39.7 Å². The van der Waals surface area contributed by atoms with Gasteiger partial charge in [0.2, 0.25) is 0 Å². The van der Waals surface area contributed by atoms with E-state index in [0.717, 1.165) is 5.75 Å². The molecule has 0 spiro atoms. The average Bonchev–Trinajstić information content (AvgIpc) is 2.01. The van der Waals surface area contributed by atoms with Gasteiger partial charge in [-0.05, 0) is 12.7 Å². The monoisotopic (exact) mass is 192 g/mol. The fourth-order valence-corrected chi connectivity index (χ4v) is 2.17. The molecule has 4 atom stereocenters.